The van der Waals surface area contributed by atoms with Gasteiger partial charge in [-0.1, -0.05) is 27.5 Å². The summed E-state index contributed by atoms with van der Waals surface area (Å²) in [4.78, 5) is 24.2. The summed E-state index contributed by atoms with van der Waals surface area (Å²) in [7, 11) is -3.94. The van der Waals surface area contributed by atoms with Gasteiger partial charge in [0.15, 0.2) is 0 Å². The minimum absolute atomic E-state index is 0.128. The van der Waals surface area contributed by atoms with Gasteiger partial charge in [-0.15, -0.1) is 0 Å². The molecule has 2 aromatic rings. The highest BCUT2D eigenvalue weighted by atomic mass is 79.9. The number of benzene rings is 2. The van der Waals surface area contributed by atoms with Gasteiger partial charge in [-0.3, -0.25) is 15.0 Å². The summed E-state index contributed by atoms with van der Waals surface area (Å²) in [6.45, 7) is 0.519. The molecule has 2 aliphatic heterocycles. The molecular weight excluding hydrogens is 514 g/mol. The minimum Gasteiger partial charge on any atom is -0.444 e. The summed E-state index contributed by atoms with van der Waals surface area (Å²) < 4.78 is 33.5. The van der Waals surface area contributed by atoms with Crippen LogP contribution in [0.4, 0.5) is 16.2 Å². The highest BCUT2D eigenvalue weighted by Gasteiger charge is 2.37. The van der Waals surface area contributed by atoms with Gasteiger partial charge in [0.2, 0.25) is 10.0 Å². The van der Waals surface area contributed by atoms with Crippen molar-refractivity contribution in [1.82, 2.24) is 4.31 Å². The van der Waals surface area contributed by atoms with Crippen LogP contribution in [0.1, 0.15) is 18.4 Å². The molecule has 0 N–H and O–H groups in total. The molecule has 0 radical (unpaired) electrons. The standard InChI is InChI=1S/C19H17BrClN3O6S/c20-13-1-4-17-12(9-13)11-30-19(25)23(17)14-5-7-22(8-6-14)31(28,29)15-2-3-16(21)18(10-15)24(26)27/h1-4,9-10,14H,5-8,11H2. The van der Waals surface area contributed by atoms with Gasteiger partial charge in [0.25, 0.3) is 5.69 Å². The van der Waals surface area contributed by atoms with E-state index in [-0.39, 0.29) is 35.7 Å². The van der Waals surface area contributed by atoms with Crippen LogP contribution < -0.4 is 4.90 Å². The van der Waals surface area contributed by atoms with Gasteiger partial charge in [0, 0.05) is 35.2 Å². The van der Waals surface area contributed by atoms with Crippen molar-refractivity contribution in [1.29, 1.82) is 0 Å². The summed E-state index contributed by atoms with van der Waals surface area (Å²) in [5, 5.41) is 11.0. The van der Waals surface area contributed by atoms with E-state index in [2.05, 4.69) is 15.9 Å². The summed E-state index contributed by atoms with van der Waals surface area (Å²) in [5.74, 6) is 0. The fourth-order valence-electron chi connectivity index (χ4n) is 3.84. The molecule has 0 spiro atoms. The second-order valence-corrected chi connectivity index (χ2v) is 10.5. The monoisotopic (exact) mass is 529 g/mol. The number of nitro benzene ring substituents is 1. The first-order chi connectivity index (χ1) is 14.7. The van der Waals surface area contributed by atoms with Crippen molar-refractivity contribution in [2.24, 2.45) is 0 Å². The second kappa shape index (κ2) is 8.38. The van der Waals surface area contributed by atoms with Crippen molar-refractivity contribution < 1.29 is 22.9 Å². The van der Waals surface area contributed by atoms with E-state index in [1.807, 2.05) is 18.2 Å². The molecule has 12 heteroatoms. The zero-order chi connectivity index (χ0) is 22.3. The lowest BCUT2D eigenvalue weighted by Crippen LogP contribution is -2.50. The molecule has 2 heterocycles. The number of cyclic esters (lactones) is 1. The third-order valence-corrected chi connectivity index (χ3v) is 8.10. The largest absolute Gasteiger partial charge is 0.444 e. The fourth-order valence-corrected chi connectivity index (χ4v) is 5.93. The van der Waals surface area contributed by atoms with E-state index in [4.69, 9.17) is 16.3 Å². The predicted octanol–water partition coefficient (Wildman–Crippen LogP) is 4.32. The zero-order valence-corrected chi connectivity index (χ0v) is 19.2. The zero-order valence-electron chi connectivity index (χ0n) is 16.0. The maximum Gasteiger partial charge on any atom is 0.414 e. The lowest BCUT2D eigenvalue weighted by atomic mass is 10.0. The lowest BCUT2D eigenvalue weighted by Gasteiger charge is -2.39. The van der Waals surface area contributed by atoms with Crippen molar-refractivity contribution in [2.45, 2.75) is 30.4 Å². The number of nitro groups is 1. The topological polar surface area (TPSA) is 110 Å². The molecule has 0 unspecified atom stereocenters. The molecule has 1 amide bonds. The lowest BCUT2D eigenvalue weighted by molar-refractivity contribution is -0.384. The molecule has 0 aromatic heterocycles. The van der Waals surface area contributed by atoms with Crippen LogP contribution in [-0.4, -0.2) is 42.9 Å². The van der Waals surface area contributed by atoms with E-state index >= 15 is 0 Å². The molecule has 0 bridgehead atoms. The SMILES string of the molecule is O=C1OCc2cc(Br)ccc2N1C1CCN(S(=O)(=O)c2ccc(Cl)c([N+](=O)[O-])c2)CC1. The van der Waals surface area contributed by atoms with Crippen LogP contribution in [-0.2, 0) is 21.4 Å². The Labute approximate surface area is 191 Å². The molecule has 1 fully saturated rings. The van der Waals surface area contributed by atoms with Crippen LogP contribution in [0.5, 0.6) is 0 Å². The quantitative estimate of drug-likeness (QED) is 0.430. The van der Waals surface area contributed by atoms with E-state index in [1.54, 1.807) is 4.90 Å². The number of piperidine rings is 1. The van der Waals surface area contributed by atoms with Crippen LogP contribution in [0.3, 0.4) is 0 Å². The highest BCUT2D eigenvalue weighted by Crippen LogP contribution is 2.35. The number of carbonyl (C=O) groups excluding carboxylic acids is 1. The number of ether oxygens (including phenoxy) is 1. The van der Waals surface area contributed by atoms with Gasteiger partial charge in [-0.05, 0) is 43.2 Å². The fraction of sp³-hybridized carbons (Fsp3) is 0.316. The van der Waals surface area contributed by atoms with Gasteiger partial charge in [-0.25, -0.2) is 13.2 Å². The Morgan fingerprint density at radius 3 is 2.55 bits per heavy atom. The highest BCUT2D eigenvalue weighted by molar-refractivity contribution is 9.10. The third-order valence-electron chi connectivity index (χ3n) is 5.39. The Balaban J connectivity index is 1.53. The van der Waals surface area contributed by atoms with Gasteiger partial charge in [0.05, 0.1) is 15.5 Å². The Morgan fingerprint density at radius 1 is 1.16 bits per heavy atom. The van der Waals surface area contributed by atoms with Crippen molar-refractivity contribution in [2.75, 3.05) is 18.0 Å². The first-order valence-corrected chi connectivity index (χ1v) is 12.0. The smallest absolute Gasteiger partial charge is 0.414 e. The van der Waals surface area contributed by atoms with E-state index in [0.717, 1.165) is 21.8 Å². The number of rotatable bonds is 4. The molecule has 9 nitrogen and oxygen atoms in total. The Kier molecular flexibility index (Phi) is 5.95. The molecule has 0 saturated carbocycles. The molecule has 4 rings (SSSR count). The van der Waals surface area contributed by atoms with E-state index in [9.17, 15) is 23.3 Å². The maximum atomic E-state index is 13.0. The number of anilines is 1. The Hall–Kier alpha value is -2.21. The Bertz CT molecular complexity index is 1170. The normalized spacial score (nSPS) is 17.9. The third kappa shape index (κ3) is 4.14. The summed E-state index contributed by atoms with van der Waals surface area (Å²) >= 11 is 9.20. The molecule has 2 aliphatic rings. The van der Waals surface area contributed by atoms with Gasteiger partial charge in [-0.2, -0.15) is 4.31 Å². The minimum atomic E-state index is -3.94. The molecule has 0 aliphatic carbocycles. The number of nitrogens with zero attached hydrogens (tertiary/aromatic N) is 3. The number of fused-ring (bicyclic) bond motifs is 1. The summed E-state index contributed by atoms with van der Waals surface area (Å²) in [6, 6.07) is 8.79. The molecular formula is C19H17BrClN3O6S. The number of hydrogen-bond acceptors (Lipinski definition) is 6. The van der Waals surface area contributed by atoms with E-state index in [1.165, 1.54) is 16.4 Å². The van der Waals surface area contributed by atoms with Crippen LogP contribution in [0.15, 0.2) is 45.8 Å². The Morgan fingerprint density at radius 2 is 1.87 bits per heavy atom. The maximum absolute atomic E-state index is 13.0. The number of halogens is 2. The van der Waals surface area contributed by atoms with Crippen LogP contribution >= 0.6 is 27.5 Å². The average Bonchev–Trinajstić information content (AvgIpc) is 2.74. The number of hydrogen-bond donors (Lipinski definition) is 0. The van der Waals surface area contributed by atoms with Crippen molar-refractivity contribution >= 4 is 55.0 Å². The van der Waals surface area contributed by atoms with E-state index in [0.29, 0.717) is 12.8 Å². The van der Waals surface area contributed by atoms with Gasteiger partial charge >= 0.3 is 6.09 Å². The van der Waals surface area contributed by atoms with Crippen molar-refractivity contribution in [3.05, 3.63) is 61.6 Å². The van der Waals surface area contributed by atoms with Crippen LogP contribution in [0, 0.1) is 10.1 Å². The van der Waals surface area contributed by atoms with Crippen LogP contribution in [0.25, 0.3) is 0 Å². The molecule has 1 saturated heterocycles. The molecule has 0 atom stereocenters. The van der Waals surface area contributed by atoms with Crippen molar-refractivity contribution in [3.8, 4) is 0 Å². The molecule has 2 aromatic carbocycles. The summed E-state index contributed by atoms with van der Waals surface area (Å²) in [5.41, 5.74) is 1.17. The van der Waals surface area contributed by atoms with Gasteiger partial charge < -0.3 is 4.74 Å². The summed E-state index contributed by atoms with van der Waals surface area (Å²) in [6.07, 6.45) is 0.350. The average molecular weight is 531 g/mol. The van der Waals surface area contributed by atoms with E-state index < -0.39 is 26.7 Å². The van der Waals surface area contributed by atoms with Gasteiger partial charge in [0.1, 0.15) is 11.6 Å². The predicted molar refractivity (Wildman–Crippen MR) is 117 cm³/mol. The number of sulfonamides is 1. The number of carbonyl (C=O) groups is 1. The first kappa shape index (κ1) is 22.0. The van der Waals surface area contributed by atoms with Crippen molar-refractivity contribution in [3.63, 3.8) is 0 Å². The number of amides is 1. The first-order valence-electron chi connectivity index (χ1n) is 9.37. The molecule has 164 valence electrons. The molecule has 31 heavy (non-hydrogen) atoms. The van der Waals surface area contributed by atoms with Crippen LogP contribution in [0.2, 0.25) is 5.02 Å². The second-order valence-electron chi connectivity index (χ2n) is 7.20.